The van der Waals surface area contributed by atoms with E-state index in [4.69, 9.17) is 9.47 Å². The third-order valence-corrected chi connectivity index (χ3v) is 5.97. The molecule has 0 aromatic carbocycles. The first-order valence-electron chi connectivity index (χ1n) is 9.18. The van der Waals surface area contributed by atoms with Crippen molar-refractivity contribution in [1.29, 1.82) is 0 Å². The summed E-state index contributed by atoms with van der Waals surface area (Å²) in [5.74, 6) is 0. The monoisotopic (exact) mass is 295 g/mol. The van der Waals surface area contributed by atoms with Crippen LogP contribution in [0.25, 0.3) is 0 Å². The molecule has 1 aliphatic heterocycles. The molecule has 0 bridgehead atoms. The van der Waals surface area contributed by atoms with E-state index in [1.165, 1.54) is 38.5 Å². The number of rotatable bonds is 5. The highest BCUT2D eigenvalue weighted by Gasteiger charge is 2.57. The van der Waals surface area contributed by atoms with Crippen molar-refractivity contribution in [3.8, 4) is 0 Å². The molecule has 0 aromatic heterocycles. The van der Waals surface area contributed by atoms with E-state index < -0.39 is 0 Å². The second kappa shape index (κ2) is 6.55. The quantitative estimate of drug-likeness (QED) is 0.839. The molecule has 3 rings (SSSR count). The molecule has 122 valence electrons. The number of hydrogen-bond acceptors (Lipinski definition) is 3. The maximum absolute atomic E-state index is 6.60. The van der Waals surface area contributed by atoms with Crippen LogP contribution in [0.5, 0.6) is 0 Å². The van der Waals surface area contributed by atoms with E-state index in [9.17, 15) is 0 Å². The van der Waals surface area contributed by atoms with Crippen LogP contribution in [0.4, 0.5) is 0 Å². The maximum atomic E-state index is 6.60. The van der Waals surface area contributed by atoms with Crippen LogP contribution in [-0.4, -0.2) is 37.0 Å². The highest BCUT2D eigenvalue weighted by molar-refractivity contribution is 5.10. The van der Waals surface area contributed by atoms with Gasteiger partial charge < -0.3 is 14.8 Å². The average molecular weight is 295 g/mol. The minimum absolute atomic E-state index is 0.354. The Bertz CT molecular complexity index is 330. The Kier molecular flexibility index (Phi) is 4.92. The van der Waals surface area contributed by atoms with Gasteiger partial charge in [-0.3, -0.25) is 0 Å². The van der Waals surface area contributed by atoms with Crippen molar-refractivity contribution >= 4 is 0 Å². The SMILES string of the molecule is CCCNC1CC(OC2CC(C)OC(C)C2)C12CCCC2. The van der Waals surface area contributed by atoms with Crippen LogP contribution in [0.2, 0.25) is 0 Å². The molecular formula is C18H33NO2. The predicted molar refractivity (Wildman–Crippen MR) is 85.5 cm³/mol. The van der Waals surface area contributed by atoms with Crippen LogP contribution in [0.3, 0.4) is 0 Å². The third kappa shape index (κ3) is 3.16. The van der Waals surface area contributed by atoms with Crippen molar-refractivity contribution in [3.05, 3.63) is 0 Å². The van der Waals surface area contributed by atoms with Crippen molar-refractivity contribution in [2.75, 3.05) is 6.54 Å². The fourth-order valence-corrected chi connectivity index (χ4v) is 4.94. The minimum Gasteiger partial charge on any atom is -0.375 e. The number of ether oxygens (including phenoxy) is 2. The zero-order chi connectivity index (χ0) is 14.9. The van der Waals surface area contributed by atoms with Crippen LogP contribution in [0.1, 0.15) is 72.1 Å². The van der Waals surface area contributed by atoms with E-state index in [1.54, 1.807) is 0 Å². The van der Waals surface area contributed by atoms with Gasteiger partial charge in [-0.15, -0.1) is 0 Å². The van der Waals surface area contributed by atoms with Crippen LogP contribution in [0, 0.1) is 5.41 Å². The molecule has 2 aliphatic carbocycles. The zero-order valence-corrected chi connectivity index (χ0v) is 14.1. The van der Waals surface area contributed by atoms with E-state index in [0.717, 1.165) is 19.4 Å². The fraction of sp³-hybridized carbons (Fsp3) is 1.00. The first-order chi connectivity index (χ1) is 10.1. The van der Waals surface area contributed by atoms with Gasteiger partial charge in [0.25, 0.3) is 0 Å². The fourth-order valence-electron chi connectivity index (χ4n) is 4.94. The molecule has 3 nitrogen and oxygen atoms in total. The molecule has 21 heavy (non-hydrogen) atoms. The van der Waals surface area contributed by atoms with Gasteiger partial charge in [0.2, 0.25) is 0 Å². The third-order valence-electron chi connectivity index (χ3n) is 5.97. The van der Waals surface area contributed by atoms with Crippen LogP contribution < -0.4 is 5.32 Å². The standard InChI is InChI=1S/C18H33NO2/c1-4-9-19-16-12-17(18(16)7-5-6-8-18)21-15-10-13(2)20-14(3)11-15/h13-17,19H,4-12H2,1-3H3. The lowest BCUT2D eigenvalue weighted by Crippen LogP contribution is -2.63. The Morgan fingerprint density at radius 1 is 1.10 bits per heavy atom. The molecule has 3 fully saturated rings. The Labute approximate surface area is 130 Å². The van der Waals surface area contributed by atoms with Crippen molar-refractivity contribution in [3.63, 3.8) is 0 Å². The van der Waals surface area contributed by atoms with Crippen LogP contribution in [0.15, 0.2) is 0 Å². The van der Waals surface area contributed by atoms with E-state index in [1.807, 2.05) is 0 Å². The lowest BCUT2D eigenvalue weighted by Gasteiger charge is -2.55. The molecular weight excluding hydrogens is 262 g/mol. The van der Waals surface area contributed by atoms with Crippen LogP contribution in [-0.2, 0) is 9.47 Å². The van der Waals surface area contributed by atoms with Gasteiger partial charge in [-0.05, 0) is 58.9 Å². The topological polar surface area (TPSA) is 30.5 Å². The molecule has 1 saturated heterocycles. The normalized spacial score (nSPS) is 42.1. The van der Waals surface area contributed by atoms with Gasteiger partial charge in [0.15, 0.2) is 0 Å². The summed E-state index contributed by atoms with van der Waals surface area (Å²) in [6, 6.07) is 0.708. The summed E-state index contributed by atoms with van der Waals surface area (Å²) < 4.78 is 12.4. The molecule has 2 saturated carbocycles. The highest BCUT2D eigenvalue weighted by atomic mass is 16.5. The zero-order valence-electron chi connectivity index (χ0n) is 14.1. The van der Waals surface area contributed by atoms with Crippen molar-refractivity contribution in [2.45, 2.75) is 103 Å². The smallest absolute Gasteiger partial charge is 0.0665 e. The second-order valence-electron chi connectivity index (χ2n) is 7.66. The molecule has 0 radical (unpaired) electrons. The Hall–Kier alpha value is -0.120. The summed E-state index contributed by atoms with van der Waals surface area (Å²) in [6.45, 7) is 7.78. The lowest BCUT2D eigenvalue weighted by molar-refractivity contribution is -0.192. The molecule has 3 aliphatic rings. The molecule has 1 N–H and O–H groups in total. The summed E-state index contributed by atoms with van der Waals surface area (Å²) >= 11 is 0. The molecule has 4 atom stereocenters. The highest BCUT2D eigenvalue weighted by Crippen LogP contribution is 2.55. The molecule has 0 aromatic rings. The van der Waals surface area contributed by atoms with E-state index in [-0.39, 0.29) is 0 Å². The largest absolute Gasteiger partial charge is 0.375 e. The van der Waals surface area contributed by atoms with Gasteiger partial charge in [-0.1, -0.05) is 19.8 Å². The van der Waals surface area contributed by atoms with Crippen molar-refractivity contribution in [2.24, 2.45) is 5.41 Å². The Morgan fingerprint density at radius 3 is 2.38 bits per heavy atom. The Balaban J connectivity index is 1.58. The van der Waals surface area contributed by atoms with Crippen LogP contribution >= 0.6 is 0 Å². The first kappa shape index (κ1) is 15.8. The summed E-state index contributed by atoms with van der Waals surface area (Å²) in [4.78, 5) is 0. The van der Waals surface area contributed by atoms with Gasteiger partial charge in [0.1, 0.15) is 0 Å². The van der Waals surface area contributed by atoms with Gasteiger partial charge in [-0.2, -0.15) is 0 Å². The van der Waals surface area contributed by atoms with E-state index >= 15 is 0 Å². The predicted octanol–water partition coefficient (Wildman–Crippen LogP) is 3.66. The number of hydrogen-bond donors (Lipinski definition) is 1. The lowest BCUT2D eigenvalue weighted by atomic mass is 9.60. The average Bonchev–Trinajstić information content (AvgIpc) is 2.93. The summed E-state index contributed by atoms with van der Waals surface area (Å²) in [5.41, 5.74) is 0.458. The minimum atomic E-state index is 0.354. The molecule has 4 unspecified atom stereocenters. The van der Waals surface area contributed by atoms with Gasteiger partial charge in [-0.25, -0.2) is 0 Å². The van der Waals surface area contributed by atoms with Gasteiger partial charge in [0.05, 0.1) is 24.4 Å². The van der Waals surface area contributed by atoms with E-state index in [0.29, 0.717) is 35.9 Å². The molecule has 1 heterocycles. The summed E-state index contributed by atoms with van der Waals surface area (Å²) in [5, 5.41) is 3.78. The Morgan fingerprint density at radius 2 is 1.76 bits per heavy atom. The summed E-state index contributed by atoms with van der Waals surface area (Å²) in [7, 11) is 0. The first-order valence-corrected chi connectivity index (χ1v) is 9.18. The van der Waals surface area contributed by atoms with Gasteiger partial charge >= 0.3 is 0 Å². The number of nitrogens with one attached hydrogen (secondary N) is 1. The van der Waals surface area contributed by atoms with Gasteiger partial charge in [0, 0.05) is 11.5 Å². The van der Waals surface area contributed by atoms with E-state index in [2.05, 4.69) is 26.1 Å². The second-order valence-corrected chi connectivity index (χ2v) is 7.66. The molecule has 0 amide bonds. The van der Waals surface area contributed by atoms with Crippen molar-refractivity contribution < 1.29 is 9.47 Å². The molecule has 3 heteroatoms. The summed E-state index contributed by atoms with van der Waals surface area (Å²) in [6.07, 6.45) is 11.7. The van der Waals surface area contributed by atoms with Crippen molar-refractivity contribution in [1.82, 2.24) is 5.32 Å². The molecule has 1 spiro atoms. The maximum Gasteiger partial charge on any atom is 0.0665 e.